The highest BCUT2D eigenvalue weighted by atomic mass is 16.5. The zero-order valence-corrected chi connectivity index (χ0v) is 7.26. The maximum absolute atomic E-state index is 5.50. The fraction of sp³-hybridized carbons (Fsp3) is 1.00. The van der Waals surface area contributed by atoms with Gasteiger partial charge in [0.2, 0.25) is 0 Å². The molecule has 0 aromatic heterocycles. The third-order valence-corrected chi connectivity index (χ3v) is 1.48. The molecule has 0 aliphatic carbocycles. The summed E-state index contributed by atoms with van der Waals surface area (Å²) in [6.45, 7) is 7.83. The summed E-state index contributed by atoms with van der Waals surface area (Å²) in [4.78, 5) is 0. The van der Waals surface area contributed by atoms with Crippen LogP contribution in [0.1, 0.15) is 27.2 Å². The van der Waals surface area contributed by atoms with E-state index in [9.17, 15) is 0 Å². The molecule has 0 heterocycles. The largest absolute Gasteiger partial charge is 0.380 e. The summed E-state index contributed by atoms with van der Waals surface area (Å²) in [5, 5.41) is 0. The van der Waals surface area contributed by atoms with Gasteiger partial charge >= 0.3 is 0 Å². The topological polar surface area (TPSA) is 35.2 Å². The van der Waals surface area contributed by atoms with E-state index in [1.165, 1.54) is 6.42 Å². The van der Waals surface area contributed by atoms with E-state index in [2.05, 4.69) is 13.8 Å². The molecule has 62 valence electrons. The lowest BCUT2D eigenvalue weighted by Crippen LogP contribution is -2.23. The van der Waals surface area contributed by atoms with Crippen LogP contribution in [0.2, 0.25) is 0 Å². The van der Waals surface area contributed by atoms with E-state index in [1.807, 2.05) is 6.92 Å². The molecule has 0 saturated carbocycles. The Labute approximate surface area is 63.7 Å². The third-order valence-electron chi connectivity index (χ3n) is 1.48. The maximum Gasteiger partial charge on any atom is 0.0614 e. The Morgan fingerprint density at radius 3 is 2.30 bits per heavy atom. The summed E-state index contributed by atoms with van der Waals surface area (Å²) in [5.41, 5.74) is 5.50. The second-order valence-corrected chi connectivity index (χ2v) is 3.03. The Hall–Kier alpha value is -0.0800. The van der Waals surface area contributed by atoms with Gasteiger partial charge in [-0.05, 0) is 12.8 Å². The van der Waals surface area contributed by atoms with E-state index in [0.717, 1.165) is 6.61 Å². The maximum atomic E-state index is 5.50. The highest BCUT2D eigenvalue weighted by Gasteiger charge is 1.99. The minimum Gasteiger partial charge on any atom is -0.380 e. The van der Waals surface area contributed by atoms with Gasteiger partial charge < -0.3 is 10.5 Å². The number of hydrogen-bond donors (Lipinski definition) is 1. The normalized spacial score (nSPS) is 16.8. The van der Waals surface area contributed by atoms with Gasteiger partial charge in [-0.25, -0.2) is 0 Å². The molecule has 0 bridgehead atoms. The summed E-state index contributed by atoms with van der Waals surface area (Å²) in [6, 6.07) is 0.170. The lowest BCUT2D eigenvalue weighted by atomic mass is 10.1. The van der Waals surface area contributed by atoms with Gasteiger partial charge in [0.05, 0.1) is 6.61 Å². The molecule has 0 radical (unpaired) electrons. The molecule has 0 fully saturated rings. The lowest BCUT2D eigenvalue weighted by Gasteiger charge is -2.10. The van der Waals surface area contributed by atoms with E-state index >= 15 is 0 Å². The molecule has 2 N–H and O–H groups in total. The van der Waals surface area contributed by atoms with Crippen molar-refractivity contribution in [2.45, 2.75) is 33.2 Å². The van der Waals surface area contributed by atoms with Crippen molar-refractivity contribution < 1.29 is 4.74 Å². The molecule has 0 aliphatic rings. The van der Waals surface area contributed by atoms with Crippen molar-refractivity contribution in [3.05, 3.63) is 0 Å². The van der Waals surface area contributed by atoms with E-state index in [0.29, 0.717) is 12.5 Å². The molecule has 0 aromatic rings. The average Bonchev–Trinajstić information content (AvgIpc) is 1.87. The molecular weight excluding hydrogens is 126 g/mol. The number of nitrogens with two attached hydrogens (primary N) is 1. The standard InChI is InChI=1S/C8H19NO/c1-4-7(2)5-10-6-8(3)9/h7-8H,4-6,9H2,1-3H3. The molecule has 0 aliphatic heterocycles. The monoisotopic (exact) mass is 145 g/mol. The summed E-state index contributed by atoms with van der Waals surface area (Å²) >= 11 is 0. The van der Waals surface area contributed by atoms with Gasteiger partial charge in [-0.3, -0.25) is 0 Å². The predicted octanol–water partition coefficient (Wildman–Crippen LogP) is 1.40. The van der Waals surface area contributed by atoms with Crippen molar-refractivity contribution in [1.29, 1.82) is 0 Å². The number of hydrogen-bond acceptors (Lipinski definition) is 2. The molecule has 2 unspecified atom stereocenters. The SMILES string of the molecule is CCC(C)COCC(C)N. The van der Waals surface area contributed by atoms with E-state index in [-0.39, 0.29) is 6.04 Å². The Balaban J connectivity index is 3.03. The van der Waals surface area contributed by atoms with Crippen molar-refractivity contribution >= 4 is 0 Å². The van der Waals surface area contributed by atoms with E-state index < -0.39 is 0 Å². The molecule has 2 heteroatoms. The first kappa shape index (κ1) is 9.92. The molecule has 2 atom stereocenters. The summed E-state index contributed by atoms with van der Waals surface area (Å²) in [7, 11) is 0. The predicted molar refractivity (Wildman–Crippen MR) is 43.9 cm³/mol. The Morgan fingerprint density at radius 1 is 1.30 bits per heavy atom. The summed E-state index contributed by atoms with van der Waals surface area (Å²) in [6.07, 6.45) is 1.18. The highest BCUT2D eigenvalue weighted by molar-refractivity contribution is 4.51. The van der Waals surface area contributed by atoms with Crippen molar-refractivity contribution in [3.63, 3.8) is 0 Å². The molecule has 10 heavy (non-hydrogen) atoms. The first-order chi connectivity index (χ1) is 4.66. The van der Waals surface area contributed by atoms with Crippen molar-refractivity contribution in [3.8, 4) is 0 Å². The van der Waals surface area contributed by atoms with Gasteiger partial charge in [0.25, 0.3) is 0 Å². The van der Waals surface area contributed by atoms with Gasteiger partial charge in [-0.1, -0.05) is 20.3 Å². The number of ether oxygens (including phenoxy) is 1. The van der Waals surface area contributed by atoms with Gasteiger partial charge in [0.15, 0.2) is 0 Å². The Morgan fingerprint density at radius 2 is 1.90 bits per heavy atom. The minimum atomic E-state index is 0.170. The van der Waals surface area contributed by atoms with Crippen LogP contribution in [0.5, 0.6) is 0 Å². The molecule has 0 spiro atoms. The van der Waals surface area contributed by atoms with Crippen LogP contribution in [0.15, 0.2) is 0 Å². The zero-order valence-electron chi connectivity index (χ0n) is 7.26. The fourth-order valence-electron chi connectivity index (χ4n) is 0.573. The van der Waals surface area contributed by atoms with Gasteiger partial charge in [0.1, 0.15) is 0 Å². The van der Waals surface area contributed by atoms with E-state index in [1.54, 1.807) is 0 Å². The third kappa shape index (κ3) is 6.05. The molecule has 2 nitrogen and oxygen atoms in total. The van der Waals surface area contributed by atoms with Gasteiger partial charge in [0, 0.05) is 12.6 Å². The van der Waals surface area contributed by atoms with Crippen molar-refractivity contribution in [2.75, 3.05) is 13.2 Å². The summed E-state index contributed by atoms with van der Waals surface area (Å²) < 4.78 is 5.32. The summed E-state index contributed by atoms with van der Waals surface area (Å²) in [5.74, 6) is 0.666. The number of rotatable bonds is 5. The van der Waals surface area contributed by atoms with Crippen LogP contribution in [-0.2, 0) is 4.74 Å². The minimum absolute atomic E-state index is 0.170. The first-order valence-electron chi connectivity index (χ1n) is 4.00. The fourth-order valence-corrected chi connectivity index (χ4v) is 0.573. The Kier molecular flexibility index (Phi) is 5.64. The second kappa shape index (κ2) is 5.69. The quantitative estimate of drug-likeness (QED) is 0.634. The van der Waals surface area contributed by atoms with Crippen molar-refractivity contribution in [2.24, 2.45) is 11.7 Å². The first-order valence-corrected chi connectivity index (χ1v) is 4.00. The second-order valence-electron chi connectivity index (χ2n) is 3.03. The highest BCUT2D eigenvalue weighted by Crippen LogP contribution is 2.00. The van der Waals surface area contributed by atoms with Crippen molar-refractivity contribution in [1.82, 2.24) is 0 Å². The average molecular weight is 145 g/mol. The van der Waals surface area contributed by atoms with E-state index in [4.69, 9.17) is 10.5 Å². The molecule has 0 rings (SSSR count). The molecular formula is C8H19NO. The van der Waals surface area contributed by atoms with Crippen LogP contribution in [0.4, 0.5) is 0 Å². The lowest BCUT2D eigenvalue weighted by molar-refractivity contribution is 0.0955. The molecule has 0 saturated heterocycles. The van der Waals surface area contributed by atoms with Crippen LogP contribution in [0, 0.1) is 5.92 Å². The van der Waals surface area contributed by atoms with Crippen LogP contribution in [0.3, 0.4) is 0 Å². The molecule has 0 aromatic carbocycles. The zero-order chi connectivity index (χ0) is 7.98. The van der Waals surface area contributed by atoms with Crippen LogP contribution >= 0.6 is 0 Å². The Bertz CT molecular complexity index is 73.7. The van der Waals surface area contributed by atoms with Gasteiger partial charge in [-0.15, -0.1) is 0 Å². The van der Waals surface area contributed by atoms with Crippen LogP contribution < -0.4 is 5.73 Å². The van der Waals surface area contributed by atoms with Crippen LogP contribution in [-0.4, -0.2) is 19.3 Å². The van der Waals surface area contributed by atoms with Crippen LogP contribution in [0.25, 0.3) is 0 Å². The molecule has 0 amide bonds. The van der Waals surface area contributed by atoms with Gasteiger partial charge in [-0.2, -0.15) is 0 Å². The smallest absolute Gasteiger partial charge is 0.0614 e.